The van der Waals surface area contributed by atoms with Gasteiger partial charge in [0, 0.05) is 19.5 Å². The van der Waals surface area contributed by atoms with E-state index in [2.05, 4.69) is 0 Å². The summed E-state index contributed by atoms with van der Waals surface area (Å²) < 4.78 is 47.7. The number of rotatable bonds is 4. The molecule has 1 aromatic carbocycles. The Labute approximate surface area is 110 Å². The lowest BCUT2D eigenvalue weighted by Gasteiger charge is -2.15. The molecule has 7 heteroatoms. The second-order valence-electron chi connectivity index (χ2n) is 4.48. The minimum Gasteiger partial charge on any atom is -0.341 e. The summed E-state index contributed by atoms with van der Waals surface area (Å²) >= 11 is 0. The normalized spacial score (nSPS) is 20.0. The zero-order chi connectivity index (χ0) is 14.0. The third-order valence-electron chi connectivity index (χ3n) is 3.19. The van der Waals surface area contributed by atoms with Gasteiger partial charge in [-0.15, -0.1) is 3.89 Å². The van der Waals surface area contributed by atoms with E-state index in [1.165, 1.54) is 11.0 Å². The number of benzene rings is 1. The molecule has 1 atom stereocenters. The molecule has 0 spiro atoms. The second kappa shape index (κ2) is 5.24. The van der Waals surface area contributed by atoms with Crippen molar-refractivity contribution in [3.8, 4) is 0 Å². The van der Waals surface area contributed by atoms with E-state index >= 15 is 0 Å². The average Bonchev–Trinajstić information content (AvgIpc) is 2.70. The zero-order valence-electron chi connectivity index (χ0n) is 10.1. The van der Waals surface area contributed by atoms with Crippen LogP contribution in [0.5, 0.6) is 0 Å². The highest BCUT2D eigenvalue weighted by molar-refractivity contribution is 7.87. The molecule has 1 saturated heterocycles. The van der Waals surface area contributed by atoms with Crippen LogP contribution in [0.25, 0.3) is 0 Å². The van der Waals surface area contributed by atoms with E-state index in [1.807, 2.05) is 0 Å². The van der Waals surface area contributed by atoms with Gasteiger partial charge in [-0.1, -0.05) is 18.2 Å². The van der Waals surface area contributed by atoms with Crippen LogP contribution in [-0.4, -0.2) is 37.6 Å². The quantitative estimate of drug-likeness (QED) is 0.784. The van der Waals surface area contributed by atoms with E-state index in [-0.39, 0.29) is 31.7 Å². The Morgan fingerprint density at radius 1 is 1.32 bits per heavy atom. The minimum atomic E-state index is -4.70. The summed E-state index contributed by atoms with van der Waals surface area (Å²) in [6.45, 7) is 0.0257. The second-order valence-corrected chi connectivity index (χ2v) is 6.10. The first kappa shape index (κ1) is 13.9. The van der Waals surface area contributed by atoms with E-state index in [0.29, 0.717) is 5.56 Å². The molecule has 0 saturated carbocycles. The smallest absolute Gasteiger partial charge is 0.307 e. The van der Waals surface area contributed by atoms with Gasteiger partial charge in [0.1, 0.15) is 11.1 Å². The third-order valence-corrected chi connectivity index (χ3v) is 4.30. The molecule has 4 nitrogen and oxygen atoms in total. The number of likely N-dealkylation sites (tertiary alicyclic amines) is 1. The van der Waals surface area contributed by atoms with E-state index in [1.54, 1.807) is 18.2 Å². The summed E-state index contributed by atoms with van der Waals surface area (Å²) in [6.07, 6.45) is -0.0619. The van der Waals surface area contributed by atoms with Crippen LogP contribution in [0, 0.1) is 5.82 Å². The van der Waals surface area contributed by atoms with Gasteiger partial charge in [-0.25, -0.2) is 4.39 Å². The molecular weight excluding hydrogens is 276 g/mol. The van der Waals surface area contributed by atoms with Crippen LogP contribution in [-0.2, 0) is 21.4 Å². The Bertz CT molecular complexity index is 588. The number of hydrogen-bond donors (Lipinski definition) is 0. The molecule has 0 N–H and O–H groups in total. The standard InChI is InChI=1S/C12H13F2NO3S/c13-11-4-2-1-3-9(11)5-6-15-8-10(7-12(15)16)19(14,17)18/h1-4,10H,5-8H2. The number of nitrogens with zero attached hydrogens (tertiary/aromatic N) is 1. The fourth-order valence-electron chi connectivity index (χ4n) is 2.10. The maximum Gasteiger partial charge on any atom is 0.307 e. The van der Waals surface area contributed by atoms with Gasteiger partial charge in [-0.3, -0.25) is 4.79 Å². The van der Waals surface area contributed by atoms with Gasteiger partial charge in [-0.2, -0.15) is 8.42 Å². The van der Waals surface area contributed by atoms with Crippen LogP contribution < -0.4 is 0 Å². The molecule has 1 aromatic rings. The Hall–Kier alpha value is -1.50. The fourth-order valence-corrected chi connectivity index (χ4v) is 2.80. The molecule has 1 fully saturated rings. The summed E-state index contributed by atoms with van der Waals surface area (Å²) in [4.78, 5) is 12.8. The highest BCUT2D eigenvalue weighted by Crippen LogP contribution is 2.20. The maximum atomic E-state index is 13.4. The van der Waals surface area contributed by atoms with Crippen molar-refractivity contribution in [1.82, 2.24) is 4.90 Å². The zero-order valence-corrected chi connectivity index (χ0v) is 10.9. The molecular formula is C12H13F2NO3S. The van der Waals surface area contributed by atoms with Gasteiger partial charge in [0.2, 0.25) is 5.91 Å². The first-order valence-corrected chi connectivity index (χ1v) is 7.27. The van der Waals surface area contributed by atoms with Crippen LogP contribution >= 0.6 is 0 Å². The van der Waals surface area contributed by atoms with E-state index < -0.39 is 21.4 Å². The van der Waals surface area contributed by atoms with Gasteiger partial charge in [0.15, 0.2) is 0 Å². The number of amides is 1. The lowest BCUT2D eigenvalue weighted by Crippen LogP contribution is -2.29. The minimum absolute atomic E-state index is 0.161. The van der Waals surface area contributed by atoms with Crippen molar-refractivity contribution in [2.24, 2.45) is 0 Å². The molecule has 19 heavy (non-hydrogen) atoms. The van der Waals surface area contributed by atoms with Crippen LogP contribution in [0.3, 0.4) is 0 Å². The van der Waals surface area contributed by atoms with Gasteiger partial charge >= 0.3 is 10.2 Å². The van der Waals surface area contributed by atoms with Crippen molar-refractivity contribution in [1.29, 1.82) is 0 Å². The van der Waals surface area contributed by atoms with Crippen molar-refractivity contribution < 1.29 is 21.5 Å². The highest BCUT2D eigenvalue weighted by atomic mass is 32.3. The van der Waals surface area contributed by atoms with Crippen LogP contribution in [0.2, 0.25) is 0 Å². The van der Waals surface area contributed by atoms with Gasteiger partial charge in [-0.05, 0) is 18.1 Å². The van der Waals surface area contributed by atoms with Gasteiger partial charge < -0.3 is 4.90 Å². The highest BCUT2D eigenvalue weighted by Gasteiger charge is 2.38. The fraction of sp³-hybridized carbons (Fsp3) is 0.417. The molecule has 1 aliphatic heterocycles. The average molecular weight is 289 g/mol. The first-order valence-electron chi connectivity index (χ1n) is 5.82. The monoisotopic (exact) mass is 289 g/mol. The summed E-state index contributed by atoms with van der Waals surface area (Å²) in [5.74, 6) is -0.786. The topological polar surface area (TPSA) is 54.5 Å². The van der Waals surface area contributed by atoms with Gasteiger partial charge in [0.05, 0.1) is 0 Å². The molecule has 1 heterocycles. The molecule has 1 aliphatic rings. The van der Waals surface area contributed by atoms with Crippen LogP contribution in [0.15, 0.2) is 24.3 Å². The molecule has 0 aromatic heterocycles. The molecule has 1 amide bonds. The Morgan fingerprint density at radius 2 is 2.00 bits per heavy atom. The summed E-state index contributed by atoms with van der Waals surface area (Å²) in [7, 11) is -4.70. The van der Waals surface area contributed by atoms with Crippen molar-refractivity contribution >= 4 is 16.1 Å². The molecule has 0 bridgehead atoms. The predicted molar refractivity (Wildman–Crippen MR) is 65.1 cm³/mol. The molecule has 1 unspecified atom stereocenters. The number of carbonyl (C=O) groups is 1. The van der Waals surface area contributed by atoms with E-state index in [4.69, 9.17) is 0 Å². The molecule has 104 valence electrons. The van der Waals surface area contributed by atoms with Crippen molar-refractivity contribution in [2.75, 3.05) is 13.1 Å². The maximum absolute atomic E-state index is 13.4. The number of hydrogen-bond acceptors (Lipinski definition) is 3. The number of carbonyl (C=O) groups excluding carboxylic acids is 1. The van der Waals surface area contributed by atoms with Crippen molar-refractivity contribution in [3.05, 3.63) is 35.6 Å². The van der Waals surface area contributed by atoms with Crippen LogP contribution in [0.4, 0.5) is 8.28 Å². The molecule has 2 rings (SSSR count). The lowest BCUT2D eigenvalue weighted by molar-refractivity contribution is -0.127. The van der Waals surface area contributed by atoms with Crippen molar-refractivity contribution in [3.63, 3.8) is 0 Å². The van der Waals surface area contributed by atoms with Gasteiger partial charge in [0.25, 0.3) is 0 Å². The Kier molecular flexibility index (Phi) is 3.84. The molecule has 0 radical (unpaired) electrons. The predicted octanol–water partition coefficient (Wildman–Crippen LogP) is 1.27. The van der Waals surface area contributed by atoms with E-state index in [0.717, 1.165) is 0 Å². The van der Waals surface area contributed by atoms with E-state index in [9.17, 15) is 21.5 Å². The third kappa shape index (κ3) is 3.28. The van der Waals surface area contributed by atoms with Crippen molar-refractivity contribution in [2.45, 2.75) is 18.1 Å². The summed E-state index contributed by atoms with van der Waals surface area (Å²) in [5, 5.41) is -1.29. The summed E-state index contributed by atoms with van der Waals surface area (Å²) in [6, 6.07) is 6.15. The largest absolute Gasteiger partial charge is 0.341 e. The lowest BCUT2D eigenvalue weighted by atomic mass is 10.1. The Balaban J connectivity index is 1.98. The van der Waals surface area contributed by atoms with Crippen LogP contribution in [0.1, 0.15) is 12.0 Å². The summed E-state index contributed by atoms with van der Waals surface area (Å²) in [5.41, 5.74) is 0.446. The number of halogens is 2. The first-order chi connectivity index (χ1) is 8.88. The Morgan fingerprint density at radius 3 is 2.58 bits per heavy atom. The molecule has 0 aliphatic carbocycles. The SMILES string of the molecule is O=C1CC(S(=O)(=O)F)CN1CCc1ccccc1F.